The summed E-state index contributed by atoms with van der Waals surface area (Å²) in [5.41, 5.74) is -0.301. The second-order valence-corrected chi connectivity index (χ2v) is 9.49. The molecule has 0 aliphatic carbocycles. The minimum Gasteiger partial charge on any atom is -0.345 e. The predicted octanol–water partition coefficient (Wildman–Crippen LogP) is 5.73. The number of rotatable bonds is 16. The van der Waals surface area contributed by atoms with Gasteiger partial charge in [0.25, 0.3) is 0 Å². The summed E-state index contributed by atoms with van der Waals surface area (Å²) in [5.74, 6) is 0. The Hall–Kier alpha value is -0.390. The van der Waals surface area contributed by atoms with Crippen molar-refractivity contribution in [2.24, 2.45) is 0 Å². The van der Waals surface area contributed by atoms with Crippen LogP contribution in [0.5, 0.6) is 0 Å². The van der Waals surface area contributed by atoms with Gasteiger partial charge in [0.2, 0.25) is 0 Å². The first-order chi connectivity index (χ1) is 13.1. The van der Waals surface area contributed by atoms with Crippen LogP contribution >= 0.6 is 12.2 Å². The van der Waals surface area contributed by atoms with E-state index >= 15 is 0 Å². The number of thiocarbonyl (C=S) groups is 1. The molecular weight excluding hydrogens is 364 g/mol. The SMILES string of the molecule is CCCCN(CCCC)C(C)(C)NC(=S)NC(C)(C)N(CCCC)CCCC. The maximum absolute atomic E-state index is 5.76. The molecule has 0 aromatic rings. The maximum Gasteiger partial charge on any atom is 0.169 e. The fourth-order valence-electron chi connectivity index (χ4n) is 3.48. The van der Waals surface area contributed by atoms with Gasteiger partial charge in [-0.25, -0.2) is 0 Å². The van der Waals surface area contributed by atoms with Crippen molar-refractivity contribution in [2.45, 2.75) is 118 Å². The highest BCUT2D eigenvalue weighted by Gasteiger charge is 2.30. The summed E-state index contributed by atoms with van der Waals surface area (Å²) in [6.07, 6.45) is 9.78. The van der Waals surface area contributed by atoms with E-state index in [1.165, 1.54) is 51.4 Å². The molecular formula is C23H50N4S. The maximum atomic E-state index is 5.76. The van der Waals surface area contributed by atoms with Gasteiger partial charge in [0, 0.05) is 26.2 Å². The third kappa shape index (κ3) is 11.0. The van der Waals surface area contributed by atoms with Gasteiger partial charge in [-0.15, -0.1) is 0 Å². The Morgan fingerprint density at radius 1 is 0.607 bits per heavy atom. The Kier molecular flexibility index (Phi) is 14.4. The molecule has 0 radical (unpaired) electrons. The van der Waals surface area contributed by atoms with Crippen molar-refractivity contribution in [1.29, 1.82) is 0 Å². The number of nitrogens with zero attached hydrogens (tertiary/aromatic N) is 2. The van der Waals surface area contributed by atoms with Crippen LogP contribution in [0.15, 0.2) is 0 Å². The molecule has 0 spiro atoms. The van der Waals surface area contributed by atoms with Gasteiger partial charge in [0.1, 0.15) is 0 Å². The summed E-state index contributed by atoms with van der Waals surface area (Å²) >= 11 is 5.76. The fraction of sp³-hybridized carbons (Fsp3) is 0.957. The normalized spacial score (nSPS) is 12.6. The highest BCUT2D eigenvalue weighted by molar-refractivity contribution is 7.80. The van der Waals surface area contributed by atoms with Crippen LogP contribution in [0.4, 0.5) is 0 Å². The van der Waals surface area contributed by atoms with E-state index in [1.807, 2.05) is 0 Å². The molecule has 4 nitrogen and oxygen atoms in total. The van der Waals surface area contributed by atoms with Crippen LogP contribution in [0.25, 0.3) is 0 Å². The molecule has 0 amide bonds. The lowest BCUT2D eigenvalue weighted by Gasteiger charge is -2.44. The molecule has 0 aromatic carbocycles. The fourth-order valence-corrected chi connectivity index (χ4v) is 3.98. The molecule has 0 aliphatic rings. The van der Waals surface area contributed by atoms with Gasteiger partial charge in [0.15, 0.2) is 5.11 Å². The van der Waals surface area contributed by atoms with Crippen molar-refractivity contribution in [3.8, 4) is 0 Å². The van der Waals surface area contributed by atoms with Gasteiger partial charge in [0.05, 0.1) is 11.3 Å². The summed E-state index contributed by atoms with van der Waals surface area (Å²) in [6.45, 7) is 22.5. The minimum atomic E-state index is -0.151. The highest BCUT2D eigenvalue weighted by Crippen LogP contribution is 2.16. The van der Waals surface area contributed by atoms with Crippen LogP contribution in [-0.2, 0) is 0 Å². The predicted molar refractivity (Wildman–Crippen MR) is 130 cm³/mol. The topological polar surface area (TPSA) is 30.5 Å². The van der Waals surface area contributed by atoms with E-state index in [9.17, 15) is 0 Å². The number of nitrogens with one attached hydrogen (secondary N) is 2. The lowest BCUT2D eigenvalue weighted by molar-refractivity contribution is 0.0881. The zero-order valence-corrected chi connectivity index (χ0v) is 21.1. The van der Waals surface area contributed by atoms with Gasteiger partial charge in [-0.2, -0.15) is 0 Å². The second kappa shape index (κ2) is 14.6. The molecule has 0 aromatic heterocycles. The molecule has 28 heavy (non-hydrogen) atoms. The molecule has 0 unspecified atom stereocenters. The molecule has 0 rings (SSSR count). The summed E-state index contributed by atoms with van der Waals surface area (Å²) in [6, 6.07) is 0. The van der Waals surface area contributed by atoms with Crippen LogP contribution in [0, 0.1) is 0 Å². The molecule has 5 heteroatoms. The number of hydrogen-bond donors (Lipinski definition) is 2. The quantitative estimate of drug-likeness (QED) is 0.249. The first kappa shape index (κ1) is 27.6. The smallest absolute Gasteiger partial charge is 0.169 e. The van der Waals surface area contributed by atoms with E-state index in [0.717, 1.165) is 31.3 Å². The zero-order chi connectivity index (χ0) is 21.6. The average molecular weight is 415 g/mol. The molecule has 0 heterocycles. The molecule has 0 saturated carbocycles. The van der Waals surface area contributed by atoms with E-state index in [-0.39, 0.29) is 11.3 Å². The van der Waals surface area contributed by atoms with Gasteiger partial charge < -0.3 is 10.6 Å². The lowest BCUT2D eigenvalue weighted by Crippen LogP contribution is -2.64. The highest BCUT2D eigenvalue weighted by atomic mass is 32.1. The Bertz CT molecular complexity index is 357. The molecule has 0 bridgehead atoms. The third-order valence-corrected chi connectivity index (χ3v) is 5.75. The van der Waals surface area contributed by atoms with E-state index < -0.39 is 0 Å². The standard InChI is InChI=1S/C23H50N4S/c1-9-13-17-26(18-14-10-2)22(5,6)24-21(28)25-23(7,8)27(19-15-11-3)20-16-12-4/h9-20H2,1-8H3,(H2,24,25,28). The molecule has 168 valence electrons. The van der Waals surface area contributed by atoms with Gasteiger partial charge >= 0.3 is 0 Å². The lowest BCUT2D eigenvalue weighted by atomic mass is 10.1. The Labute approximate surface area is 182 Å². The van der Waals surface area contributed by atoms with E-state index in [2.05, 4.69) is 75.8 Å². The summed E-state index contributed by atoms with van der Waals surface area (Å²) < 4.78 is 0. The van der Waals surface area contributed by atoms with Gasteiger partial charge in [-0.05, 0) is 65.6 Å². The number of unbranched alkanes of at least 4 members (excludes halogenated alkanes) is 4. The molecule has 0 atom stereocenters. The molecule has 0 fully saturated rings. The molecule has 0 aliphatic heterocycles. The van der Waals surface area contributed by atoms with E-state index in [0.29, 0.717) is 0 Å². The second-order valence-electron chi connectivity index (χ2n) is 9.09. The van der Waals surface area contributed by atoms with Crippen molar-refractivity contribution < 1.29 is 0 Å². The van der Waals surface area contributed by atoms with E-state index in [4.69, 9.17) is 12.2 Å². The van der Waals surface area contributed by atoms with Crippen LogP contribution < -0.4 is 10.6 Å². The molecule has 2 N–H and O–H groups in total. The van der Waals surface area contributed by atoms with Crippen LogP contribution in [0.2, 0.25) is 0 Å². The third-order valence-electron chi connectivity index (χ3n) is 5.55. The average Bonchev–Trinajstić information content (AvgIpc) is 2.60. The first-order valence-electron chi connectivity index (χ1n) is 11.7. The molecule has 0 saturated heterocycles. The van der Waals surface area contributed by atoms with Gasteiger partial charge in [-0.1, -0.05) is 53.4 Å². The summed E-state index contributed by atoms with van der Waals surface area (Å²) in [5, 5.41) is 7.99. The van der Waals surface area contributed by atoms with Crippen molar-refractivity contribution in [3.05, 3.63) is 0 Å². The Balaban J connectivity index is 5.00. The van der Waals surface area contributed by atoms with Crippen molar-refractivity contribution in [1.82, 2.24) is 20.4 Å². The van der Waals surface area contributed by atoms with Crippen LogP contribution in [0.1, 0.15) is 107 Å². The Morgan fingerprint density at radius 3 is 1.07 bits per heavy atom. The minimum absolute atomic E-state index is 0.151. The summed E-state index contributed by atoms with van der Waals surface area (Å²) in [4.78, 5) is 5.10. The van der Waals surface area contributed by atoms with Crippen molar-refractivity contribution >= 4 is 17.3 Å². The first-order valence-corrected chi connectivity index (χ1v) is 12.2. The monoisotopic (exact) mass is 414 g/mol. The summed E-state index contributed by atoms with van der Waals surface area (Å²) in [7, 11) is 0. The Morgan fingerprint density at radius 2 is 0.857 bits per heavy atom. The van der Waals surface area contributed by atoms with Crippen LogP contribution in [0.3, 0.4) is 0 Å². The van der Waals surface area contributed by atoms with Crippen molar-refractivity contribution in [3.63, 3.8) is 0 Å². The largest absolute Gasteiger partial charge is 0.345 e. The van der Waals surface area contributed by atoms with Crippen LogP contribution in [-0.4, -0.2) is 52.4 Å². The van der Waals surface area contributed by atoms with Crippen molar-refractivity contribution in [2.75, 3.05) is 26.2 Å². The number of hydrogen-bond acceptors (Lipinski definition) is 3. The zero-order valence-electron chi connectivity index (χ0n) is 20.3. The van der Waals surface area contributed by atoms with Gasteiger partial charge in [-0.3, -0.25) is 9.80 Å². The van der Waals surface area contributed by atoms with E-state index in [1.54, 1.807) is 0 Å².